The summed E-state index contributed by atoms with van der Waals surface area (Å²) in [5, 5.41) is 9.69. The van der Waals surface area contributed by atoms with Crippen LogP contribution >= 0.6 is 11.6 Å². The molecule has 0 bridgehead atoms. The first-order valence-corrected chi connectivity index (χ1v) is 13.8. The Kier molecular flexibility index (Phi) is 9.68. The van der Waals surface area contributed by atoms with Gasteiger partial charge < -0.3 is 10.8 Å². The Morgan fingerprint density at radius 3 is 2.31 bits per heavy atom. The number of nitrogens with two attached hydrogens (primary N) is 1. The normalized spacial score (nSPS) is 13.4. The Hall–Kier alpha value is -3.51. The molecule has 7 heteroatoms. The molecule has 1 heterocycles. The van der Waals surface area contributed by atoms with Crippen LogP contribution in [0.2, 0.25) is 5.02 Å². The number of benzene rings is 2. The highest BCUT2D eigenvalue weighted by Gasteiger charge is 2.40. The van der Waals surface area contributed by atoms with Gasteiger partial charge in [0.05, 0.1) is 5.41 Å². The third-order valence-corrected chi connectivity index (χ3v) is 7.50. The molecular formula is C32H38ClN3O3. The van der Waals surface area contributed by atoms with Gasteiger partial charge in [-0.2, -0.15) is 0 Å². The van der Waals surface area contributed by atoms with Gasteiger partial charge in [0.15, 0.2) is 5.82 Å². The zero-order valence-electron chi connectivity index (χ0n) is 23.6. The quantitative estimate of drug-likeness (QED) is 0.261. The number of ketones is 1. The second-order valence-corrected chi connectivity index (χ2v) is 10.8. The number of aryl methyl sites for hydroxylation is 2. The number of carboxylic acid groups (broad SMARTS) is 1. The SMILES string of the molecule is C/C=C(/c1nc(C)c([C@@](C)(C(=O)CCC)c2ccc(CCC(=O)O)cc2)c(N)n1)c1ccc(Cl)cc1C(C)C. The number of carbonyl (C=O) groups is 2. The van der Waals surface area contributed by atoms with Gasteiger partial charge in [0.1, 0.15) is 11.6 Å². The number of halogens is 1. The van der Waals surface area contributed by atoms with Gasteiger partial charge >= 0.3 is 5.97 Å². The minimum Gasteiger partial charge on any atom is -0.481 e. The van der Waals surface area contributed by atoms with Crippen LogP contribution in [0.1, 0.15) is 99.1 Å². The average molecular weight is 548 g/mol. The lowest BCUT2D eigenvalue weighted by Crippen LogP contribution is -2.36. The Morgan fingerprint density at radius 1 is 1.10 bits per heavy atom. The second-order valence-electron chi connectivity index (χ2n) is 10.4. The topological polar surface area (TPSA) is 106 Å². The van der Waals surface area contributed by atoms with Crippen LogP contribution in [0.3, 0.4) is 0 Å². The monoisotopic (exact) mass is 547 g/mol. The summed E-state index contributed by atoms with van der Waals surface area (Å²) in [4.78, 5) is 34.3. The van der Waals surface area contributed by atoms with Crippen molar-refractivity contribution in [3.8, 4) is 0 Å². The predicted molar refractivity (Wildman–Crippen MR) is 158 cm³/mol. The summed E-state index contributed by atoms with van der Waals surface area (Å²) in [6, 6.07) is 13.3. The zero-order valence-corrected chi connectivity index (χ0v) is 24.4. The molecule has 0 aliphatic heterocycles. The van der Waals surface area contributed by atoms with E-state index >= 15 is 0 Å². The van der Waals surface area contributed by atoms with Crippen molar-refractivity contribution in [2.75, 3.05) is 5.73 Å². The van der Waals surface area contributed by atoms with E-state index in [2.05, 4.69) is 13.8 Å². The molecule has 1 atom stereocenters. The van der Waals surface area contributed by atoms with Gasteiger partial charge in [-0.15, -0.1) is 0 Å². The highest BCUT2D eigenvalue weighted by Crippen LogP contribution is 2.40. The summed E-state index contributed by atoms with van der Waals surface area (Å²) in [6.07, 6.45) is 3.51. The van der Waals surface area contributed by atoms with Crippen LogP contribution in [0, 0.1) is 6.92 Å². The lowest BCUT2D eigenvalue weighted by molar-refractivity contribution is -0.137. The van der Waals surface area contributed by atoms with Gasteiger partial charge in [-0.3, -0.25) is 9.59 Å². The lowest BCUT2D eigenvalue weighted by Gasteiger charge is -2.31. The van der Waals surface area contributed by atoms with Crippen LogP contribution in [0.4, 0.5) is 5.82 Å². The number of hydrogen-bond donors (Lipinski definition) is 2. The van der Waals surface area contributed by atoms with Crippen molar-refractivity contribution in [1.29, 1.82) is 0 Å². The molecule has 0 unspecified atom stereocenters. The maximum Gasteiger partial charge on any atom is 0.303 e. The van der Waals surface area contributed by atoms with E-state index in [1.807, 2.05) is 76.2 Å². The number of Topliss-reactive ketones (excluding diaryl/α,β-unsaturated/α-hetero) is 1. The van der Waals surface area contributed by atoms with Gasteiger partial charge in [0, 0.05) is 34.7 Å². The summed E-state index contributed by atoms with van der Waals surface area (Å²) in [7, 11) is 0. The molecule has 0 aliphatic rings. The average Bonchev–Trinajstić information content (AvgIpc) is 2.88. The first-order valence-electron chi connectivity index (χ1n) is 13.4. The molecule has 2 aromatic carbocycles. The van der Waals surface area contributed by atoms with E-state index in [1.165, 1.54) is 0 Å². The molecule has 0 saturated carbocycles. The van der Waals surface area contributed by atoms with Gasteiger partial charge in [-0.25, -0.2) is 9.97 Å². The molecule has 206 valence electrons. The lowest BCUT2D eigenvalue weighted by atomic mass is 9.71. The van der Waals surface area contributed by atoms with Crippen molar-refractivity contribution < 1.29 is 14.7 Å². The molecule has 0 saturated heterocycles. The zero-order chi connectivity index (χ0) is 28.9. The van der Waals surface area contributed by atoms with E-state index in [-0.39, 0.29) is 23.9 Å². The molecule has 3 N–H and O–H groups in total. The number of rotatable bonds is 11. The number of nitrogens with zero attached hydrogens (tertiary/aromatic N) is 2. The largest absolute Gasteiger partial charge is 0.481 e. The number of aliphatic carboxylic acids is 1. The van der Waals surface area contributed by atoms with Gasteiger partial charge in [0.25, 0.3) is 0 Å². The summed E-state index contributed by atoms with van der Waals surface area (Å²) in [6.45, 7) is 11.9. The molecule has 3 rings (SSSR count). The Labute approximate surface area is 236 Å². The van der Waals surface area contributed by atoms with Crippen LogP contribution in [0.15, 0.2) is 48.5 Å². The standard InChI is InChI=1S/C32H38ClN3O3/c1-7-9-27(37)32(6,22-13-10-21(11-14-22)12-17-28(38)39)29-20(5)35-31(36-30(29)34)24(8-2)25-16-15-23(33)18-26(25)19(3)4/h8,10-11,13-16,18-19H,7,9,12,17H2,1-6H3,(H,38,39)(H2,34,35,36)/b24-8+/t32-/m1/s1. The number of aromatic nitrogens is 2. The minimum atomic E-state index is -1.06. The molecule has 39 heavy (non-hydrogen) atoms. The Morgan fingerprint density at radius 2 is 1.77 bits per heavy atom. The van der Waals surface area contributed by atoms with Crippen molar-refractivity contribution in [3.63, 3.8) is 0 Å². The number of allylic oxidation sites excluding steroid dienone is 1. The number of carboxylic acids is 1. The van der Waals surface area contributed by atoms with E-state index in [1.54, 1.807) is 0 Å². The predicted octanol–water partition coefficient (Wildman–Crippen LogP) is 7.29. The maximum absolute atomic E-state index is 13.7. The fraction of sp³-hybridized carbons (Fsp3) is 0.375. The number of nitrogen functional groups attached to an aromatic ring is 1. The fourth-order valence-corrected chi connectivity index (χ4v) is 5.35. The van der Waals surface area contributed by atoms with Crippen LogP contribution in [-0.2, 0) is 21.4 Å². The van der Waals surface area contributed by atoms with E-state index in [0.29, 0.717) is 41.4 Å². The van der Waals surface area contributed by atoms with Crippen molar-refractivity contribution in [2.24, 2.45) is 0 Å². The highest BCUT2D eigenvalue weighted by atomic mass is 35.5. The second kappa shape index (κ2) is 12.6. The van der Waals surface area contributed by atoms with Crippen LogP contribution in [0.5, 0.6) is 0 Å². The van der Waals surface area contributed by atoms with Gasteiger partial charge in [-0.1, -0.05) is 68.8 Å². The Balaban J connectivity index is 2.15. The van der Waals surface area contributed by atoms with E-state index < -0.39 is 11.4 Å². The summed E-state index contributed by atoms with van der Waals surface area (Å²) >= 11 is 6.30. The molecule has 0 radical (unpaired) electrons. The van der Waals surface area contributed by atoms with Gasteiger partial charge in [0.2, 0.25) is 0 Å². The number of carbonyl (C=O) groups excluding carboxylic acids is 1. The van der Waals surface area contributed by atoms with Crippen LogP contribution in [-0.4, -0.2) is 26.8 Å². The summed E-state index contributed by atoms with van der Waals surface area (Å²) in [5.74, 6) is 0.177. The maximum atomic E-state index is 13.7. The van der Waals surface area contributed by atoms with Crippen LogP contribution < -0.4 is 5.73 Å². The third-order valence-electron chi connectivity index (χ3n) is 7.27. The van der Waals surface area contributed by atoms with Crippen LogP contribution in [0.25, 0.3) is 5.57 Å². The van der Waals surface area contributed by atoms with E-state index in [4.69, 9.17) is 32.4 Å². The number of anilines is 1. The molecule has 0 aliphatic carbocycles. The molecule has 3 aromatic rings. The molecule has 0 spiro atoms. The summed E-state index contributed by atoms with van der Waals surface area (Å²) in [5.41, 5.74) is 11.4. The molecule has 0 amide bonds. The molecule has 1 aromatic heterocycles. The number of hydrogen-bond acceptors (Lipinski definition) is 5. The summed E-state index contributed by atoms with van der Waals surface area (Å²) < 4.78 is 0. The van der Waals surface area contributed by atoms with Crippen molar-refractivity contribution in [1.82, 2.24) is 9.97 Å². The third kappa shape index (κ3) is 6.39. The smallest absolute Gasteiger partial charge is 0.303 e. The van der Waals surface area contributed by atoms with Crippen molar-refractivity contribution >= 4 is 34.7 Å². The molecule has 6 nitrogen and oxygen atoms in total. The van der Waals surface area contributed by atoms with Crippen molar-refractivity contribution in [3.05, 3.63) is 92.9 Å². The molecular weight excluding hydrogens is 510 g/mol. The molecule has 0 fully saturated rings. The van der Waals surface area contributed by atoms with Crippen molar-refractivity contribution in [2.45, 2.75) is 78.6 Å². The first kappa shape index (κ1) is 30.0. The van der Waals surface area contributed by atoms with Gasteiger partial charge in [-0.05, 0) is 73.9 Å². The Bertz CT molecular complexity index is 1370. The highest BCUT2D eigenvalue weighted by molar-refractivity contribution is 6.30. The fourth-order valence-electron chi connectivity index (χ4n) is 5.17. The van der Waals surface area contributed by atoms with E-state index in [0.717, 1.165) is 27.8 Å². The minimum absolute atomic E-state index is 0.0282. The first-order chi connectivity index (χ1) is 18.4. The van der Waals surface area contributed by atoms with E-state index in [9.17, 15) is 9.59 Å².